The van der Waals surface area contributed by atoms with Gasteiger partial charge in [0.1, 0.15) is 17.9 Å². The van der Waals surface area contributed by atoms with E-state index < -0.39 is 12.1 Å². The summed E-state index contributed by atoms with van der Waals surface area (Å²) in [6.45, 7) is 1.11. The van der Waals surface area contributed by atoms with Gasteiger partial charge in [-0.25, -0.2) is 4.79 Å². The monoisotopic (exact) mass is 365 g/mol. The Morgan fingerprint density at radius 3 is 2.68 bits per heavy atom. The maximum Gasteiger partial charge on any atom is 0.322 e. The van der Waals surface area contributed by atoms with Crippen molar-refractivity contribution in [1.29, 1.82) is 0 Å². The van der Waals surface area contributed by atoms with Crippen molar-refractivity contribution in [3.05, 3.63) is 29.3 Å². The fraction of sp³-hybridized carbons (Fsp3) is 0.471. The van der Waals surface area contributed by atoms with E-state index in [0.29, 0.717) is 37.4 Å². The quantitative estimate of drug-likeness (QED) is 0.853. The Kier molecular flexibility index (Phi) is 5.43. The van der Waals surface area contributed by atoms with Crippen LogP contribution >= 0.6 is 11.6 Å². The number of likely N-dealkylation sites (tertiary alicyclic amines) is 1. The summed E-state index contributed by atoms with van der Waals surface area (Å²) < 4.78 is 5.91. The van der Waals surface area contributed by atoms with Gasteiger partial charge in [-0.1, -0.05) is 17.7 Å². The number of carbonyl (C=O) groups excluding carboxylic acids is 3. The summed E-state index contributed by atoms with van der Waals surface area (Å²) in [6.07, 6.45) is 1.90. The van der Waals surface area contributed by atoms with Crippen molar-refractivity contribution in [3.63, 3.8) is 0 Å². The van der Waals surface area contributed by atoms with Crippen LogP contribution in [-0.2, 0) is 9.59 Å². The molecule has 1 atom stereocenters. The molecule has 8 heteroatoms. The van der Waals surface area contributed by atoms with Crippen molar-refractivity contribution in [2.45, 2.75) is 37.8 Å². The third-order valence-corrected chi connectivity index (χ3v) is 4.60. The Morgan fingerprint density at radius 2 is 1.96 bits per heavy atom. The Balaban J connectivity index is 1.52. The first-order chi connectivity index (χ1) is 12.0. The molecule has 2 heterocycles. The normalized spacial score (nSPS) is 22.0. The second kappa shape index (κ2) is 7.74. The summed E-state index contributed by atoms with van der Waals surface area (Å²) in [5.41, 5.74) is 0. The summed E-state index contributed by atoms with van der Waals surface area (Å²) >= 11 is 5.95. The first-order valence-electron chi connectivity index (χ1n) is 8.32. The number of carbonyl (C=O) groups is 3. The van der Waals surface area contributed by atoms with Crippen molar-refractivity contribution in [3.8, 4) is 5.75 Å². The minimum atomic E-state index is -0.656. The predicted octanol–water partition coefficient (Wildman–Crippen LogP) is 1.70. The van der Waals surface area contributed by atoms with E-state index in [4.69, 9.17) is 16.3 Å². The van der Waals surface area contributed by atoms with E-state index >= 15 is 0 Å². The minimum absolute atomic E-state index is 0.0227. The fourth-order valence-electron chi connectivity index (χ4n) is 3.06. The van der Waals surface area contributed by atoms with Crippen LogP contribution in [0, 0.1) is 0 Å². The van der Waals surface area contributed by atoms with Crippen molar-refractivity contribution in [2.24, 2.45) is 0 Å². The van der Waals surface area contributed by atoms with Crippen LogP contribution < -0.4 is 15.4 Å². The Labute approximate surface area is 150 Å². The zero-order valence-electron chi connectivity index (χ0n) is 13.7. The highest BCUT2D eigenvalue weighted by molar-refractivity contribution is 6.30. The van der Waals surface area contributed by atoms with E-state index in [9.17, 15) is 14.4 Å². The van der Waals surface area contributed by atoms with Gasteiger partial charge in [-0.3, -0.25) is 14.9 Å². The van der Waals surface area contributed by atoms with Crippen molar-refractivity contribution < 1.29 is 19.1 Å². The van der Waals surface area contributed by atoms with Gasteiger partial charge in [-0.15, -0.1) is 0 Å². The molecule has 25 heavy (non-hydrogen) atoms. The molecule has 3 rings (SSSR count). The van der Waals surface area contributed by atoms with E-state index in [1.165, 1.54) is 0 Å². The third-order valence-electron chi connectivity index (χ3n) is 4.37. The Bertz CT molecular complexity index is 674. The lowest BCUT2D eigenvalue weighted by Gasteiger charge is -2.34. The number of hydrogen-bond acceptors (Lipinski definition) is 4. The number of nitrogens with zero attached hydrogens (tertiary/aromatic N) is 1. The molecule has 7 nitrogen and oxygen atoms in total. The predicted molar refractivity (Wildman–Crippen MR) is 91.4 cm³/mol. The van der Waals surface area contributed by atoms with E-state index in [1.807, 2.05) is 12.1 Å². The molecule has 0 spiro atoms. The van der Waals surface area contributed by atoms with Crippen molar-refractivity contribution in [2.75, 3.05) is 13.1 Å². The smallest absolute Gasteiger partial charge is 0.322 e. The minimum Gasteiger partial charge on any atom is -0.490 e. The number of hydrogen-bond donors (Lipinski definition) is 2. The van der Waals surface area contributed by atoms with Crippen LogP contribution in [0.25, 0.3) is 0 Å². The first kappa shape index (κ1) is 17.5. The molecule has 0 saturated carbocycles. The lowest BCUT2D eigenvalue weighted by atomic mass is 10.0. The summed E-state index contributed by atoms with van der Waals surface area (Å²) in [5, 5.41) is 5.36. The van der Waals surface area contributed by atoms with Gasteiger partial charge in [0.25, 0.3) is 0 Å². The number of nitrogens with one attached hydrogen (secondary N) is 2. The average Bonchev–Trinajstić information content (AvgIpc) is 2.75. The number of piperidine rings is 1. The lowest BCUT2D eigenvalue weighted by Crippen LogP contribution is -2.52. The highest BCUT2D eigenvalue weighted by Crippen LogP contribution is 2.22. The largest absolute Gasteiger partial charge is 0.490 e. The number of ether oxygens (including phenoxy) is 1. The summed E-state index contributed by atoms with van der Waals surface area (Å²) in [6, 6.07) is 5.98. The van der Waals surface area contributed by atoms with Gasteiger partial charge >= 0.3 is 6.03 Å². The maximum absolute atomic E-state index is 12.6. The van der Waals surface area contributed by atoms with Gasteiger partial charge in [-0.05, 0) is 24.6 Å². The van der Waals surface area contributed by atoms with Gasteiger partial charge in [0, 0.05) is 37.4 Å². The topological polar surface area (TPSA) is 87.7 Å². The molecule has 1 aromatic rings. The van der Waals surface area contributed by atoms with Crippen LogP contribution in [0.15, 0.2) is 24.3 Å². The molecule has 0 aliphatic carbocycles. The highest BCUT2D eigenvalue weighted by atomic mass is 35.5. The van der Waals surface area contributed by atoms with Crippen molar-refractivity contribution >= 4 is 29.4 Å². The lowest BCUT2D eigenvalue weighted by molar-refractivity contribution is -0.135. The molecule has 0 aromatic heterocycles. The number of imide groups is 1. The molecule has 1 unspecified atom stereocenters. The molecule has 4 amide bonds. The molecule has 0 radical (unpaired) electrons. The van der Waals surface area contributed by atoms with E-state index in [0.717, 1.165) is 5.75 Å². The first-order valence-corrected chi connectivity index (χ1v) is 8.70. The molecule has 2 N–H and O–H groups in total. The highest BCUT2D eigenvalue weighted by Gasteiger charge is 2.32. The second-order valence-corrected chi connectivity index (χ2v) is 6.65. The van der Waals surface area contributed by atoms with Crippen LogP contribution in [-0.4, -0.2) is 48.0 Å². The SMILES string of the molecule is O=C1CCC(C(=O)N2CCC(Oc3cccc(Cl)c3)CC2)NC(=O)N1. The zero-order chi connectivity index (χ0) is 17.8. The molecular formula is C17H20ClN3O4. The van der Waals surface area contributed by atoms with Crippen LogP contribution in [0.1, 0.15) is 25.7 Å². The molecular weight excluding hydrogens is 346 g/mol. The summed E-state index contributed by atoms with van der Waals surface area (Å²) in [5.74, 6) is 0.213. The number of benzene rings is 1. The third kappa shape index (κ3) is 4.63. The molecule has 2 saturated heterocycles. The molecule has 2 aliphatic heterocycles. The Hall–Kier alpha value is -2.28. The number of rotatable bonds is 3. The van der Waals surface area contributed by atoms with Crippen LogP contribution in [0.3, 0.4) is 0 Å². The van der Waals surface area contributed by atoms with E-state index in [1.54, 1.807) is 17.0 Å². The molecule has 1 aromatic carbocycles. The van der Waals surface area contributed by atoms with Gasteiger partial charge in [0.15, 0.2) is 0 Å². The maximum atomic E-state index is 12.6. The van der Waals surface area contributed by atoms with E-state index in [2.05, 4.69) is 10.6 Å². The number of amides is 4. The zero-order valence-corrected chi connectivity index (χ0v) is 14.4. The average molecular weight is 366 g/mol. The Morgan fingerprint density at radius 1 is 1.20 bits per heavy atom. The van der Waals surface area contributed by atoms with Gasteiger partial charge in [-0.2, -0.15) is 0 Å². The molecule has 0 bridgehead atoms. The number of urea groups is 1. The van der Waals surface area contributed by atoms with Gasteiger partial charge in [0.2, 0.25) is 11.8 Å². The molecule has 2 aliphatic rings. The molecule has 2 fully saturated rings. The van der Waals surface area contributed by atoms with Gasteiger partial charge in [0.05, 0.1) is 0 Å². The van der Waals surface area contributed by atoms with Gasteiger partial charge < -0.3 is 15.0 Å². The fourth-order valence-corrected chi connectivity index (χ4v) is 3.24. The van der Waals surface area contributed by atoms with Crippen LogP contribution in [0.4, 0.5) is 4.79 Å². The van der Waals surface area contributed by atoms with Crippen molar-refractivity contribution in [1.82, 2.24) is 15.5 Å². The molecule has 134 valence electrons. The van der Waals surface area contributed by atoms with E-state index in [-0.39, 0.29) is 24.3 Å². The summed E-state index contributed by atoms with van der Waals surface area (Å²) in [7, 11) is 0. The summed E-state index contributed by atoms with van der Waals surface area (Å²) in [4.78, 5) is 37.2. The van der Waals surface area contributed by atoms with Crippen LogP contribution in [0.5, 0.6) is 5.75 Å². The number of halogens is 1. The standard InChI is InChI=1S/C17H20ClN3O4/c18-11-2-1-3-13(10-11)25-12-6-8-21(9-7-12)16(23)14-4-5-15(22)20-17(24)19-14/h1-3,10,12,14H,4-9H2,(H2,19,20,22,24). The van der Waals surface area contributed by atoms with Crippen LogP contribution in [0.2, 0.25) is 5.02 Å². The second-order valence-electron chi connectivity index (χ2n) is 6.21.